The summed E-state index contributed by atoms with van der Waals surface area (Å²) in [5.41, 5.74) is 2.14. The molecule has 1 amide bonds. The van der Waals surface area contributed by atoms with Crippen LogP contribution in [-0.4, -0.2) is 22.1 Å². The molecule has 0 aliphatic heterocycles. The largest absolute Gasteiger partial charge is 0.508 e. The van der Waals surface area contributed by atoms with Crippen molar-refractivity contribution in [2.75, 3.05) is 6.54 Å². The molecule has 0 aliphatic carbocycles. The van der Waals surface area contributed by atoms with Crippen LogP contribution in [0.5, 0.6) is 5.75 Å². The molecule has 3 rings (SSSR count). The van der Waals surface area contributed by atoms with Crippen molar-refractivity contribution in [3.63, 3.8) is 0 Å². The van der Waals surface area contributed by atoms with Crippen LogP contribution in [0.1, 0.15) is 16.1 Å². The quantitative estimate of drug-likeness (QED) is 0.773. The number of phenolic OH excluding ortho intramolecular Hbond substituents is 1. The number of carbonyl (C=O) groups is 1. The number of hydrogen-bond donors (Lipinski definition) is 2. The van der Waals surface area contributed by atoms with E-state index in [0.717, 1.165) is 16.5 Å². The predicted molar refractivity (Wildman–Crippen MR) is 79.3 cm³/mol. The zero-order valence-corrected chi connectivity index (χ0v) is 11.7. The maximum atomic E-state index is 11.8. The number of amides is 1. The van der Waals surface area contributed by atoms with Gasteiger partial charge in [0.05, 0.1) is 6.26 Å². The minimum absolute atomic E-state index is 0.219. The number of benzene rings is 1. The fraction of sp³-hybridized carbons (Fsp3) is 0.188. The molecule has 2 heterocycles. The van der Waals surface area contributed by atoms with Crippen molar-refractivity contribution in [1.29, 1.82) is 0 Å². The zero-order chi connectivity index (χ0) is 14.8. The molecule has 0 spiro atoms. The Kier molecular flexibility index (Phi) is 3.39. The average molecular weight is 284 g/mol. The van der Waals surface area contributed by atoms with Crippen molar-refractivity contribution in [1.82, 2.24) is 9.88 Å². The molecule has 21 heavy (non-hydrogen) atoms. The second kappa shape index (κ2) is 5.36. The van der Waals surface area contributed by atoms with Gasteiger partial charge in [-0.3, -0.25) is 4.79 Å². The Labute approximate surface area is 121 Å². The van der Waals surface area contributed by atoms with Gasteiger partial charge in [0.1, 0.15) is 5.75 Å². The summed E-state index contributed by atoms with van der Waals surface area (Å²) in [6.45, 7) is 0.508. The molecule has 108 valence electrons. The molecule has 0 unspecified atom stereocenters. The van der Waals surface area contributed by atoms with Crippen LogP contribution in [0.25, 0.3) is 10.9 Å². The van der Waals surface area contributed by atoms with Gasteiger partial charge in [-0.25, -0.2) is 0 Å². The standard InChI is InChI=1S/C16H16N2O3/c1-18-10-11(13-9-12(19)4-5-14(13)18)6-7-17-16(20)15-3-2-8-21-15/h2-5,8-10,19H,6-7H2,1H3,(H,17,20). The van der Waals surface area contributed by atoms with E-state index < -0.39 is 0 Å². The highest BCUT2D eigenvalue weighted by molar-refractivity contribution is 5.91. The van der Waals surface area contributed by atoms with Crippen molar-refractivity contribution in [2.45, 2.75) is 6.42 Å². The number of rotatable bonds is 4. The third-order valence-corrected chi connectivity index (χ3v) is 3.48. The van der Waals surface area contributed by atoms with E-state index in [9.17, 15) is 9.90 Å². The third kappa shape index (κ3) is 2.63. The number of nitrogens with zero attached hydrogens (tertiary/aromatic N) is 1. The number of fused-ring (bicyclic) bond motifs is 1. The molecule has 5 nitrogen and oxygen atoms in total. The van der Waals surface area contributed by atoms with Crippen LogP contribution in [0.2, 0.25) is 0 Å². The number of aromatic hydroxyl groups is 1. The summed E-state index contributed by atoms with van der Waals surface area (Å²) in [6, 6.07) is 8.62. The normalized spacial score (nSPS) is 10.9. The SMILES string of the molecule is Cn1cc(CCNC(=O)c2ccco2)c2cc(O)ccc21. The molecule has 0 atom stereocenters. The molecule has 0 bridgehead atoms. The molecule has 5 heteroatoms. The molecule has 2 aromatic heterocycles. The van der Waals surface area contributed by atoms with Gasteiger partial charge in [-0.15, -0.1) is 0 Å². The van der Waals surface area contributed by atoms with Gasteiger partial charge in [0.15, 0.2) is 5.76 Å². The Hall–Kier alpha value is -2.69. The number of aryl methyl sites for hydroxylation is 1. The number of carbonyl (C=O) groups excluding carboxylic acids is 1. The first-order valence-electron chi connectivity index (χ1n) is 6.74. The molecule has 2 N–H and O–H groups in total. The Morgan fingerprint density at radius 3 is 3.00 bits per heavy atom. The minimum atomic E-state index is -0.219. The Morgan fingerprint density at radius 2 is 2.24 bits per heavy atom. The van der Waals surface area contributed by atoms with Gasteiger partial charge in [-0.1, -0.05) is 0 Å². The highest BCUT2D eigenvalue weighted by Crippen LogP contribution is 2.25. The lowest BCUT2D eigenvalue weighted by atomic mass is 10.1. The summed E-state index contributed by atoms with van der Waals surface area (Å²) in [4.78, 5) is 11.8. The van der Waals surface area contributed by atoms with Crippen molar-refractivity contribution >= 4 is 16.8 Å². The van der Waals surface area contributed by atoms with Crippen molar-refractivity contribution in [3.8, 4) is 5.75 Å². The van der Waals surface area contributed by atoms with Crippen LogP contribution in [0, 0.1) is 0 Å². The summed E-state index contributed by atoms with van der Waals surface area (Å²) in [6.07, 6.45) is 4.18. The summed E-state index contributed by atoms with van der Waals surface area (Å²) in [7, 11) is 1.96. The molecule has 0 fully saturated rings. The van der Waals surface area contributed by atoms with Crippen molar-refractivity contribution < 1.29 is 14.3 Å². The summed E-state index contributed by atoms with van der Waals surface area (Å²) < 4.78 is 7.05. The molecule has 0 saturated carbocycles. The van der Waals surface area contributed by atoms with Gasteiger partial charge < -0.3 is 19.4 Å². The van der Waals surface area contributed by atoms with Gasteiger partial charge in [0.25, 0.3) is 5.91 Å². The second-order valence-corrected chi connectivity index (χ2v) is 4.95. The summed E-state index contributed by atoms with van der Waals surface area (Å²) in [5.74, 6) is 0.336. The number of aromatic nitrogens is 1. The van der Waals surface area contributed by atoms with Gasteiger partial charge in [0, 0.05) is 30.7 Å². The van der Waals surface area contributed by atoms with Crippen LogP contribution < -0.4 is 5.32 Å². The molecule has 0 aliphatic rings. The van der Waals surface area contributed by atoms with Crippen LogP contribution in [-0.2, 0) is 13.5 Å². The van der Waals surface area contributed by atoms with Crippen molar-refractivity contribution in [2.24, 2.45) is 7.05 Å². The van der Waals surface area contributed by atoms with E-state index >= 15 is 0 Å². The third-order valence-electron chi connectivity index (χ3n) is 3.48. The van der Waals surface area contributed by atoms with Gasteiger partial charge in [-0.05, 0) is 42.3 Å². The number of furan rings is 1. The highest BCUT2D eigenvalue weighted by Gasteiger charge is 2.10. The molecule has 3 aromatic rings. The van der Waals surface area contributed by atoms with Crippen LogP contribution in [0.4, 0.5) is 0 Å². The van der Waals surface area contributed by atoms with Crippen molar-refractivity contribution in [3.05, 3.63) is 54.1 Å². The molecule has 0 saturated heterocycles. The number of hydrogen-bond acceptors (Lipinski definition) is 3. The lowest BCUT2D eigenvalue weighted by molar-refractivity contribution is 0.0926. The highest BCUT2D eigenvalue weighted by atomic mass is 16.3. The zero-order valence-electron chi connectivity index (χ0n) is 11.7. The van der Waals surface area contributed by atoms with E-state index in [2.05, 4.69) is 5.32 Å². The maximum absolute atomic E-state index is 11.8. The Balaban J connectivity index is 1.71. The van der Waals surface area contributed by atoms with E-state index in [-0.39, 0.29) is 11.7 Å². The van der Waals surface area contributed by atoms with E-state index in [1.165, 1.54) is 6.26 Å². The Morgan fingerprint density at radius 1 is 1.38 bits per heavy atom. The first-order valence-corrected chi connectivity index (χ1v) is 6.74. The van der Waals surface area contributed by atoms with E-state index in [1.807, 2.05) is 23.9 Å². The smallest absolute Gasteiger partial charge is 0.286 e. The number of phenols is 1. The van der Waals surface area contributed by atoms with E-state index in [0.29, 0.717) is 18.7 Å². The summed E-state index contributed by atoms with van der Waals surface area (Å²) in [5, 5.41) is 13.4. The maximum Gasteiger partial charge on any atom is 0.286 e. The monoisotopic (exact) mass is 284 g/mol. The topological polar surface area (TPSA) is 67.4 Å². The van der Waals surface area contributed by atoms with E-state index in [1.54, 1.807) is 24.3 Å². The predicted octanol–water partition coefficient (Wildman–Crippen LogP) is 2.45. The average Bonchev–Trinajstić information content (AvgIpc) is 3.08. The van der Waals surface area contributed by atoms with Crippen LogP contribution in [0.3, 0.4) is 0 Å². The first kappa shape index (κ1) is 13.3. The fourth-order valence-corrected chi connectivity index (χ4v) is 2.47. The molecule has 0 radical (unpaired) electrons. The fourth-order valence-electron chi connectivity index (χ4n) is 2.47. The van der Waals surface area contributed by atoms with Crippen LogP contribution >= 0.6 is 0 Å². The molecule has 1 aromatic carbocycles. The van der Waals surface area contributed by atoms with Gasteiger partial charge in [-0.2, -0.15) is 0 Å². The lowest BCUT2D eigenvalue weighted by Gasteiger charge is -2.02. The minimum Gasteiger partial charge on any atom is -0.508 e. The van der Waals surface area contributed by atoms with Crippen LogP contribution in [0.15, 0.2) is 47.2 Å². The first-order chi connectivity index (χ1) is 10.1. The summed E-state index contributed by atoms with van der Waals surface area (Å²) >= 11 is 0. The molecular formula is C16H16N2O3. The lowest BCUT2D eigenvalue weighted by Crippen LogP contribution is -2.25. The Bertz CT molecular complexity index is 772. The molecular weight excluding hydrogens is 268 g/mol. The van der Waals surface area contributed by atoms with Gasteiger partial charge in [0.2, 0.25) is 0 Å². The van der Waals surface area contributed by atoms with Gasteiger partial charge >= 0.3 is 0 Å². The number of nitrogens with one attached hydrogen (secondary N) is 1. The second-order valence-electron chi connectivity index (χ2n) is 4.95. The van der Waals surface area contributed by atoms with E-state index in [4.69, 9.17) is 4.42 Å².